The van der Waals surface area contributed by atoms with E-state index in [0.29, 0.717) is 22.6 Å². The zero-order valence-corrected chi connectivity index (χ0v) is 19.0. The Morgan fingerprint density at radius 1 is 1.21 bits per heavy atom. The Labute approximate surface area is 195 Å². The molecule has 1 aliphatic rings. The van der Waals surface area contributed by atoms with Crippen molar-refractivity contribution in [1.29, 1.82) is 0 Å². The van der Waals surface area contributed by atoms with E-state index in [1.54, 1.807) is 43.5 Å². The van der Waals surface area contributed by atoms with Gasteiger partial charge in [0.05, 0.1) is 24.3 Å². The lowest BCUT2D eigenvalue weighted by Gasteiger charge is -2.17. The highest BCUT2D eigenvalue weighted by atomic mass is 19.1. The molecule has 178 valence electrons. The van der Waals surface area contributed by atoms with Crippen LogP contribution in [0, 0.1) is 5.82 Å². The number of nitrogens with zero attached hydrogens (tertiary/aromatic N) is 5. The maximum atomic E-state index is 14.8. The number of benzene rings is 1. The van der Waals surface area contributed by atoms with E-state index in [9.17, 15) is 19.1 Å². The first-order valence-electron chi connectivity index (χ1n) is 10.8. The van der Waals surface area contributed by atoms with Crippen LogP contribution in [0.5, 0.6) is 0 Å². The summed E-state index contributed by atoms with van der Waals surface area (Å²) >= 11 is 0. The van der Waals surface area contributed by atoms with Gasteiger partial charge in [-0.2, -0.15) is 0 Å². The predicted molar refractivity (Wildman–Crippen MR) is 120 cm³/mol. The van der Waals surface area contributed by atoms with Gasteiger partial charge in [0, 0.05) is 13.1 Å². The number of nitrogens with one attached hydrogen (secondary N) is 1. The first kappa shape index (κ1) is 23.3. The molecular formula is C23H25FN6O4. The molecule has 0 radical (unpaired) electrons. The van der Waals surface area contributed by atoms with Crippen LogP contribution in [-0.2, 0) is 17.8 Å². The number of fused-ring (bicyclic) bond motifs is 1. The third kappa shape index (κ3) is 4.74. The summed E-state index contributed by atoms with van der Waals surface area (Å²) in [6, 6.07) is 7.41. The molecule has 3 heterocycles. The zero-order chi connectivity index (χ0) is 24.4. The fourth-order valence-corrected chi connectivity index (χ4v) is 3.65. The average Bonchev–Trinajstić information content (AvgIpc) is 3.44. The molecule has 0 saturated heterocycles. The molecule has 1 aromatic carbocycles. The number of ether oxygens (including phenoxy) is 1. The molecule has 2 amide bonds. The van der Waals surface area contributed by atoms with Gasteiger partial charge in [-0.3, -0.25) is 9.69 Å². The van der Waals surface area contributed by atoms with Gasteiger partial charge in [-0.15, -0.1) is 10.2 Å². The van der Waals surface area contributed by atoms with E-state index in [4.69, 9.17) is 4.74 Å². The van der Waals surface area contributed by atoms with E-state index < -0.39 is 17.8 Å². The number of carbonyl (C=O) groups excluding carboxylic acids is 2. The number of halogens is 1. The minimum absolute atomic E-state index is 0.105. The van der Waals surface area contributed by atoms with Crippen molar-refractivity contribution in [1.82, 2.24) is 24.6 Å². The van der Waals surface area contributed by atoms with Gasteiger partial charge in [0.25, 0.3) is 5.91 Å². The van der Waals surface area contributed by atoms with Gasteiger partial charge in [0.15, 0.2) is 5.82 Å². The van der Waals surface area contributed by atoms with Crippen molar-refractivity contribution < 1.29 is 23.8 Å². The van der Waals surface area contributed by atoms with Gasteiger partial charge in [-0.05, 0) is 56.2 Å². The number of anilines is 1. The third-order valence-corrected chi connectivity index (χ3v) is 5.38. The molecule has 2 N–H and O–H groups in total. The predicted octanol–water partition coefficient (Wildman–Crippen LogP) is 3.15. The number of aliphatic hydroxyl groups excluding tert-OH is 1. The Kier molecular flexibility index (Phi) is 6.55. The molecule has 1 aliphatic heterocycles. The first-order chi connectivity index (χ1) is 16.3. The molecule has 0 aliphatic carbocycles. The minimum atomic E-state index is -0.692. The molecule has 1 unspecified atom stereocenters. The van der Waals surface area contributed by atoms with E-state index in [-0.39, 0.29) is 43.2 Å². The quantitative estimate of drug-likeness (QED) is 0.570. The van der Waals surface area contributed by atoms with Gasteiger partial charge >= 0.3 is 6.09 Å². The summed E-state index contributed by atoms with van der Waals surface area (Å²) in [5.41, 5.74) is 1.60. The van der Waals surface area contributed by atoms with Crippen molar-refractivity contribution in [2.75, 3.05) is 11.9 Å². The van der Waals surface area contributed by atoms with Crippen LogP contribution in [0.1, 0.15) is 48.3 Å². The van der Waals surface area contributed by atoms with Crippen LogP contribution in [0.3, 0.4) is 0 Å². The third-order valence-electron chi connectivity index (χ3n) is 5.38. The zero-order valence-electron chi connectivity index (χ0n) is 19.0. The second-order valence-electron chi connectivity index (χ2n) is 8.34. The van der Waals surface area contributed by atoms with Gasteiger partial charge in [-0.25, -0.2) is 14.2 Å². The van der Waals surface area contributed by atoms with Crippen LogP contribution in [0.4, 0.5) is 15.0 Å². The van der Waals surface area contributed by atoms with E-state index >= 15 is 0 Å². The Hall–Kier alpha value is -3.86. The summed E-state index contributed by atoms with van der Waals surface area (Å²) in [7, 11) is 0. The lowest BCUT2D eigenvalue weighted by molar-refractivity contribution is 0.0760. The highest BCUT2D eigenvalue weighted by Gasteiger charge is 2.28. The molecule has 3 aromatic rings. The van der Waals surface area contributed by atoms with E-state index in [0.717, 1.165) is 0 Å². The highest BCUT2D eigenvalue weighted by molar-refractivity contribution is 6.04. The molecule has 2 aromatic heterocycles. The van der Waals surface area contributed by atoms with Crippen molar-refractivity contribution in [3.63, 3.8) is 0 Å². The number of carbonyl (C=O) groups is 2. The van der Waals surface area contributed by atoms with Gasteiger partial charge in [0.1, 0.15) is 23.7 Å². The molecule has 0 fully saturated rings. The highest BCUT2D eigenvalue weighted by Crippen LogP contribution is 2.27. The number of hydrogen-bond acceptors (Lipinski definition) is 7. The first-order valence-corrected chi connectivity index (χ1v) is 10.8. The molecule has 0 saturated carbocycles. The molecule has 1 atom stereocenters. The van der Waals surface area contributed by atoms with Gasteiger partial charge in [-0.1, -0.05) is 6.07 Å². The minimum Gasteiger partial charge on any atom is -0.447 e. The maximum absolute atomic E-state index is 14.8. The Morgan fingerprint density at radius 3 is 2.65 bits per heavy atom. The molecule has 34 heavy (non-hydrogen) atoms. The van der Waals surface area contributed by atoms with Crippen molar-refractivity contribution >= 4 is 17.8 Å². The summed E-state index contributed by atoms with van der Waals surface area (Å²) in [4.78, 5) is 30.9. The number of pyridine rings is 1. The van der Waals surface area contributed by atoms with Crippen LogP contribution in [0.25, 0.3) is 11.5 Å². The van der Waals surface area contributed by atoms with Crippen molar-refractivity contribution in [3.05, 3.63) is 59.2 Å². The average molecular weight is 468 g/mol. The topological polar surface area (TPSA) is 122 Å². The van der Waals surface area contributed by atoms with Gasteiger partial charge in [0.2, 0.25) is 0 Å². The van der Waals surface area contributed by atoms with Crippen LogP contribution >= 0.6 is 0 Å². The maximum Gasteiger partial charge on any atom is 0.410 e. The van der Waals surface area contributed by atoms with Crippen LogP contribution in [0.2, 0.25) is 0 Å². The molecule has 10 nitrogen and oxygen atoms in total. The lowest BCUT2D eigenvalue weighted by atomic mass is 10.1. The summed E-state index contributed by atoms with van der Waals surface area (Å²) < 4.78 is 21.6. The smallest absolute Gasteiger partial charge is 0.410 e. The number of aromatic nitrogens is 4. The Morgan fingerprint density at radius 2 is 1.94 bits per heavy atom. The Bertz CT molecular complexity index is 1230. The van der Waals surface area contributed by atoms with E-state index in [2.05, 4.69) is 20.5 Å². The normalized spacial score (nSPS) is 13.6. The number of aliphatic hydroxyl groups is 1. The van der Waals surface area contributed by atoms with E-state index in [1.807, 2.05) is 0 Å². The fraction of sp³-hybridized carbons (Fsp3) is 0.348. The van der Waals surface area contributed by atoms with Crippen LogP contribution in [0.15, 0.2) is 36.7 Å². The van der Waals surface area contributed by atoms with Crippen molar-refractivity contribution in [2.24, 2.45) is 0 Å². The number of amides is 2. The molecule has 0 spiro atoms. The fourth-order valence-electron chi connectivity index (χ4n) is 3.65. The van der Waals surface area contributed by atoms with Gasteiger partial charge < -0.3 is 19.7 Å². The molecular weight excluding hydrogens is 443 g/mol. The van der Waals surface area contributed by atoms with Crippen molar-refractivity contribution in [2.45, 2.75) is 46.0 Å². The van der Waals surface area contributed by atoms with Crippen LogP contribution in [-0.4, -0.2) is 54.5 Å². The lowest BCUT2D eigenvalue weighted by Crippen LogP contribution is -2.28. The van der Waals surface area contributed by atoms with E-state index in [1.165, 1.54) is 23.4 Å². The Balaban J connectivity index is 1.52. The summed E-state index contributed by atoms with van der Waals surface area (Å²) in [5.74, 6) is -0.730. The molecule has 0 bridgehead atoms. The second kappa shape index (κ2) is 9.56. The summed E-state index contributed by atoms with van der Waals surface area (Å²) in [5, 5.41) is 20.0. The SMILES string of the molecule is CC(C)OC(=O)N1Cc2cc(F)c(C(=O)Nc3cccc(-c4nncn4C(C)CO)n3)cc2C1. The summed E-state index contributed by atoms with van der Waals surface area (Å²) in [6.45, 7) is 5.65. The van der Waals surface area contributed by atoms with Crippen molar-refractivity contribution in [3.8, 4) is 11.5 Å². The monoisotopic (exact) mass is 468 g/mol. The standard InChI is InChI=1S/C23H25FN6O4/c1-13(2)34-23(33)29-9-15-7-17(18(24)8-16(15)10-29)22(32)27-20-6-4-5-19(26-20)21-28-25-12-30(21)14(3)11-31/h4-8,12-14,31H,9-11H2,1-3H3,(H,26,27,32). The largest absolute Gasteiger partial charge is 0.447 e. The van der Waals surface area contributed by atoms with Crippen LogP contribution < -0.4 is 5.32 Å². The number of rotatable bonds is 6. The summed E-state index contributed by atoms with van der Waals surface area (Å²) in [6.07, 6.45) is 0.740. The molecule has 11 heteroatoms. The molecule has 4 rings (SSSR count). The second-order valence-corrected chi connectivity index (χ2v) is 8.34. The number of hydrogen-bond donors (Lipinski definition) is 2.